The number of rotatable bonds is 5. The van der Waals surface area contributed by atoms with E-state index in [1.54, 1.807) is 7.11 Å². The smallest absolute Gasteiger partial charge is 0.164 e. The van der Waals surface area contributed by atoms with Crippen molar-refractivity contribution in [2.45, 2.75) is 13.1 Å². The molecule has 1 aromatic heterocycles. The van der Waals surface area contributed by atoms with Crippen LogP contribution in [-0.4, -0.2) is 7.11 Å². The first-order valence-electron chi connectivity index (χ1n) is 5.36. The SMILES string of the molecule is COc1ccccc1CNCc1ccc(I)o1. The fourth-order valence-corrected chi connectivity index (χ4v) is 2.08. The van der Waals surface area contributed by atoms with Crippen molar-refractivity contribution in [1.82, 2.24) is 5.32 Å². The largest absolute Gasteiger partial charge is 0.496 e. The average Bonchev–Trinajstić information content (AvgIpc) is 2.76. The summed E-state index contributed by atoms with van der Waals surface area (Å²) in [6.45, 7) is 1.49. The number of nitrogens with one attached hydrogen (secondary N) is 1. The monoisotopic (exact) mass is 343 g/mol. The molecule has 0 fully saturated rings. The summed E-state index contributed by atoms with van der Waals surface area (Å²) in [5.74, 6) is 1.86. The lowest BCUT2D eigenvalue weighted by Gasteiger charge is -2.08. The van der Waals surface area contributed by atoms with E-state index in [1.807, 2.05) is 30.3 Å². The lowest BCUT2D eigenvalue weighted by Crippen LogP contribution is -2.12. The van der Waals surface area contributed by atoms with Crippen LogP contribution in [0.5, 0.6) is 5.75 Å². The van der Waals surface area contributed by atoms with Crippen LogP contribution in [0.2, 0.25) is 0 Å². The molecule has 0 aliphatic rings. The van der Waals surface area contributed by atoms with Gasteiger partial charge in [-0.1, -0.05) is 18.2 Å². The summed E-state index contributed by atoms with van der Waals surface area (Å²) in [6, 6.07) is 11.9. The molecule has 0 aliphatic heterocycles. The quantitative estimate of drug-likeness (QED) is 0.847. The lowest BCUT2D eigenvalue weighted by atomic mass is 10.2. The molecule has 17 heavy (non-hydrogen) atoms. The summed E-state index contributed by atoms with van der Waals surface area (Å²) in [6.07, 6.45) is 0. The van der Waals surface area contributed by atoms with Crippen molar-refractivity contribution < 1.29 is 9.15 Å². The van der Waals surface area contributed by atoms with Gasteiger partial charge in [-0.2, -0.15) is 0 Å². The van der Waals surface area contributed by atoms with Gasteiger partial charge in [0.1, 0.15) is 11.5 Å². The molecule has 4 heteroatoms. The first-order chi connectivity index (χ1) is 8.29. The van der Waals surface area contributed by atoms with Crippen LogP contribution < -0.4 is 10.1 Å². The van der Waals surface area contributed by atoms with E-state index < -0.39 is 0 Å². The highest BCUT2D eigenvalue weighted by molar-refractivity contribution is 14.1. The average molecular weight is 343 g/mol. The lowest BCUT2D eigenvalue weighted by molar-refractivity contribution is 0.406. The van der Waals surface area contributed by atoms with Gasteiger partial charge in [0.05, 0.1) is 13.7 Å². The van der Waals surface area contributed by atoms with Crippen molar-refractivity contribution in [3.8, 4) is 5.75 Å². The Kier molecular flexibility index (Phi) is 4.44. The second-order valence-corrected chi connectivity index (χ2v) is 4.68. The van der Waals surface area contributed by atoms with Crippen LogP contribution >= 0.6 is 22.6 Å². The van der Waals surface area contributed by atoms with Gasteiger partial charge in [-0.05, 0) is 40.8 Å². The summed E-state index contributed by atoms with van der Waals surface area (Å²) >= 11 is 2.16. The standard InChI is InChI=1S/C13H14INO2/c1-16-12-5-3-2-4-10(12)8-15-9-11-6-7-13(14)17-11/h2-7,15H,8-9H2,1H3. The highest BCUT2D eigenvalue weighted by atomic mass is 127. The zero-order chi connectivity index (χ0) is 12.1. The minimum Gasteiger partial charge on any atom is -0.496 e. The van der Waals surface area contributed by atoms with E-state index in [9.17, 15) is 0 Å². The fraction of sp³-hybridized carbons (Fsp3) is 0.231. The minimum atomic E-state index is 0.723. The second-order valence-electron chi connectivity index (χ2n) is 3.62. The second kappa shape index (κ2) is 6.07. The highest BCUT2D eigenvalue weighted by Gasteiger charge is 2.02. The molecule has 3 nitrogen and oxygen atoms in total. The topological polar surface area (TPSA) is 34.4 Å². The maximum absolute atomic E-state index is 5.47. The Balaban J connectivity index is 1.89. The van der Waals surface area contributed by atoms with E-state index in [1.165, 1.54) is 0 Å². The Hall–Kier alpha value is -1.01. The number of benzene rings is 1. The molecule has 2 aromatic rings. The number of furan rings is 1. The molecule has 0 aliphatic carbocycles. The molecule has 0 unspecified atom stereocenters. The van der Waals surface area contributed by atoms with Crippen LogP contribution in [0.3, 0.4) is 0 Å². The van der Waals surface area contributed by atoms with Gasteiger partial charge in [0, 0.05) is 12.1 Å². The Labute approximate surface area is 114 Å². The Morgan fingerprint density at radius 1 is 1.18 bits per heavy atom. The third-order valence-corrected chi connectivity index (χ3v) is 3.02. The van der Waals surface area contributed by atoms with Gasteiger partial charge in [-0.25, -0.2) is 0 Å². The molecule has 0 radical (unpaired) electrons. The number of hydrogen-bond acceptors (Lipinski definition) is 3. The zero-order valence-electron chi connectivity index (χ0n) is 9.57. The van der Waals surface area contributed by atoms with E-state index in [-0.39, 0.29) is 0 Å². The molecule has 2 rings (SSSR count). The fourth-order valence-electron chi connectivity index (χ4n) is 1.62. The van der Waals surface area contributed by atoms with E-state index in [0.717, 1.165) is 33.9 Å². The van der Waals surface area contributed by atoms with Crippen molar-refractivity contribution >= 4 is 22.6 Å². The summed E-state index contributed by atoms with van der Waals surface area (Å²) in [5.41, 5.74) is 1.15. The molecule has 0 saturated heterocycles. The summed E-state index contributed by atoms with van der Waals surface area (Å²) in [7, 11) is 1.69. The molecule has 1 N–H and O–H groups in total. The molecule has 0 saturated carbocycles. The van der Waals surface area contributed by atoms with Crippen LogP contribution in [0.4, 0.5) is 0 Å². The molecule has 0 amide bonds. The number of ether oxygens (including phenoxy) is 1. The maximum atomic E-state index is 5.47. The van der Waals surface area contributed by atoms with Crippen molar-refractivity contribution in [2.24, 2.45) is 0 Å². The predicted molar refractivity (Wildman–Crippen MR) is 75.0 cm³/mol. The van der Waals surface area contributed by atoms with Gasteiger partial charge >= 0.3 is 0 Å². The van der Waals surface area contributed by atoms with Crippen molar-refractivity contribution in [2.75, 3.05) is 7.11 Å². The van der Waals surface area contributed by atoms with E-state index >= 15 is 0 Å². The van der Waals surface area contributed by atoms with Crippen LogP contribution in [0.1, 0.15) is 11.3 Å². The van der Waals surface area contributed by atoms with E-state index in [4.69, 9.17) is 9.15 Å². The summed E-state index contributed by atoms with van der Waals surface area (Å²) < 4.78 is 11.7. The van der Waals surface area contributed by atoms with Crippen LogP contribution in [0.25, 0.3) is 0 Å². The van der Waals surface area contributed by atoms with Crippen LogP contribution in [-0.2, 0) is 13.1 Å². The molecule has 90 valence electrons. The highest BCUT2D eigenvalue weighted by Crippen LogP contribution is 2.17. The third kappa shape index (κ3) is 3.47. The van der Waals surface area contributed by atoms with Crippen LogP contribution in [0, 0.1) is 3.77 Å². The van der Waals surface area contributed by atoms with Gasteiger partial charge in [-0.3, -0.25) is 0 Å². The van der Waals surface area contributed by atoms with Gasteiger partial charge < -0.3 is 14.5 Å². The summed E-state index contributed by atoms with van der Waals surface area (Å²) in [5, 5.41) is 3.33. The molecular weight excluding hydrogens is 329 g/mol. The number of para-hydroxylation sites is 1. The van der Waals surface area contributed by atoms with Crippen molar-refractivity contribution in [3.63, 3.8) is 0 Å². The van der Waals surface area contributed by atoms with Crippen molar-refractivity contribution in [3.05, 3.63) is 51.5 Å². The molecule has 1 heterocycles. The first-order valence-corrected chi connectivity index (χ1v) is 6.44. The maximum Gasteiger partial charge on any atom is 0.164 e. The normalized spacial score (nSPS) is 10.5. The third-order valence-electron chi connectivity index (χ3n) is 2.44. The zero-order valence-corrected chi connectivity index (χ0v) is 11.7. The Bertz CT molecular complexity index is 482. The van der Waals surface area contributed by atoms with E-state index in [2.05, 4.69) is 34.0 Å². The molecule has 1 aromatic carbocycles. The van der Waals surface area contributed by atoms with Crippen molar-refractivity contribution in [1.29, 1.82) is 0 Å². The van der Waals surface area contributed by atoms with Gasteiger partial charge in [0.15, 0.2) is 3.77 Å². The minimum absolute atomic E-state index is 0.723. The van der Waals surface area contributed by atoms with Gasteiger partial charge in [0.2, 0.25) is 0 Å². The van der Waals surface area contributed by atoms with E-state index in [0.29, 0.717) is 0 Å². The van der Waals surface area contributed by atoms with Crippen LogP contribution in [0.15, 0.2) is 40.8 Å². The number of hydrogen-bond donors (Lipinski definition) is 1. The molecule has 0 spiro atoms. The first kappa shape index (κ1) is 12.4. The summed E-state index contributed by atoms with van der Waals surface area (Å²) in [4.78, 5) is 0. The molecular formula is C13H14INO2. The molecule has 0 atom stereocenters. The Morgan fingerprint density at radius 2 is 2.00 bits per heavy atom. The van der Waals surface area contributed by atoms with Gasteiger partial charge in [0.25, 0.3) is 0 Å². The van der Waals surface area contributed by atoms with Gasteiger partial charge in [-0.15, -0.1) is 0 Å². The number of methoxy groups -OCH3 is 1. The number of halogens is 1. The predicted octanol–water partition coefficient (Wildman–Crippen LogP) is 3.18. The Morgan fingerprint density at radius 3 is 2.71 bits per heavy atom. The molecule has 0 bridgehead atoms.